The molecule has 1 N–H and O–H groups in total. The predicted octanol–water partition coefficient (Wildman–Crippen LogP) is 5.26. The van der Waals surface area contributed by atoms with Gasteiger partial charge in [0.2, 0.25) is 5.91 Å². The number of fused-ring (bicyclic) bond motifs is 1. The van der Waals surface area contributed by atoms with Crippen molar-refractivity contribution in [3.05, 3.63) is 69.3 Å². The summed E-state index contributed by atoms with van der Waals surface area (Å²) in [5, 5.41) is 4.26. The fraction of sp³-hybridized carbons (Fsp3) is 0.227. The first-order valence-corrected chi connectivity index (χ1v) is 9.97. The maximum absolute atomic E-state index is 13.1. The molecule has 0 unspecified atom stereocenters. The zero-order chi connectivity index (χ0) is 21.1. The first-order valence-electron chi connectivity index (χ1n) is 9.21. The minimum Gasteiger partial charge on any atom is -0.330 e. The SMILES string of the molecule is CCN(CC(=O)Nc1c(Cl)cccc1Cl)C(=O)c1cc2cc(C)ccc2nc1C. The number of para-hydroxylation sites is 1. The summed E-state index contributed by atoms with van der Waals surface area (Å²) in [6.07, 6.45) is 0. The average molecular weight is 430 g/mol. The van der Waals surface area contributed by atoms with Crippen LogP contribution in [0.2, 0.25) is 10.0 Å². The molecule has 0 saturated heterocycles. The van der Waals surface area contributed by atoms with Crippen LogP contribution in [0, 0.1) is 13.8 Å². The molecule has 0 aliphatic rings. The summed E-state index contributed by atoms with van der Waals surface area (Å²) in [6, 6.07) is 12.7. The zero-order valence-corrected chi connectivity index (χ0v) is 17.9. The molecule has 0 atom stereocenters. The Balaban J connectivity index is 1.82. The monoisotopic (exact) mass is 429 g/mol. The quantitative estimate of drug-likeness (QED) is 0.601. The van der Waals surface area contributed by atoms with Crippen molar-refractivity contribution in [2.75, 3.05) is 18.4 Å². The molecule has 0 aliphatic heterocycles. The lowest BCUT2D eigenvalue weighted by Gasteiger charge is -2.22. The van der Waals surface area contributed by atoms with Crippen LogP contribution >= 0.6 is 23.2 Å². The Hall–Kier alpha value is -2.63. The second-order valence-corrected chi connectivity index (χ2v) is 7.60. The first kappa shape index (κ1) is 21.1. The van der Waals surface area contributed by atoms with Crippen LogP contribution in [-0.4, -0.2) is 34.8 Å². The fourth-order valence-electron chi connectivity index (χ4n) is 3.08. The minimum absolute atomic E-state index is 0.123. The van der Waals surface area contributed by atoms with E-state index in [1.807, 2.05) is 38.1 Å². The van der Waals surface area contributed by atoms with Crippen LogP contribution in [0.15, 0.2) is 42.5 Å². The lowest BCUT2D eigenvalue weighted by molar-refractivity contribution is -0.116. The number of amides is 2. The van der Waals surface area contributed by atoms with Crippen molar-refractivity contribution < 1.29 is 9.59 Å². The molecule has 1 heterocycles. The largest absolute Gasteiger partial charge is 0.330 e. The Morgan fingerprint density at radius 2 is 1.76 bits per heavy atom. The molecular formula is C22H21Cl2N3O2. The highest BCUT2D eigenvalue weighted by atomic mass is 35.5. The van der Waals surface area contributed by atoms with Crippen molar-refractivity contribution in [2.24, 2.45) is 0 Å². The number of benzene rings is 2. The number of carbonyl (C=O) groups is 2. The lowest BCUT2D eigenvalue weighted by atomic mass is 10.1. The number of nitrogens with zero attached hydrogens (tertiary/aromatic N) is 2. The Morgan fingerprint density at radius 3 is 2.41 bits per heavy atom. The average Bonchev–Trinajstić information content (AvgIpc) is 2.68. The van der Waals surface area contributed by atoms with E-state index in [1.165, 1.54) is 4.90 Å². The number of pyridine rings is 1. The highest BCUT2D eigenvalue weighted by molar-refractivity contribution is 6.39. The summed E-state index contributed by atoms with van der Waals surface area (Å²) < 4.78 is 0. The van der Waals surface area contributed by atoms with Crippen molar-refractivity contribution in [1.82, 2.24) is 9.88 Å². The Bertz CT molecular complexity index is 1080. The third kappa shape index (κ3) is 4.69. The smallest absolute Gasteiger partial charge is 0.256 e. The van der Waals surface area contributed by atoms with Crippen LogP contribution in [-0.2, 0) is 4.79 Å². The van der Waals surface area contributed by atoms with Gasteiger partial charge in [-0.15, -0.1) is 0 Å². The summed E-state index contributed by atoms with van der Waals surface area (Å²) in [4.78, 5) is 31.6. The van der Waals surface area contributed by atoms with Gasteiger partial charge in [0.15, 0.2) is 0 Å². The summed E-state index contributed by atoms with van der Waals surface area (Å²) in [5.41, 5.74) is 3.36. The number of carbonyl (C=O) groups excluding carboxylic acids is 2. The van der Waals surface area contributed by atoms with Gasteiger partial charge in [-0.2, -0.15) is 0 Å². The number of halogens is 2. The molecule has 150 valence electrons. The Kier molecular flexibility index (Phi) is 6.40. The molecule has 29 heavy (non-hydrogen) atoms. The fourth-order valence-corrected chi connectivity index (χ4v) is 3.57. The van der Waals surface area contributed by atoms with Gasteiger partial charge >= 0.3 is 0 Å². The van der Waals surface area contributed by atoms with Crippen molar-refractivity contribution in [1.29, 1.82) is 0 Å². The van der Waals surface area contributed by atoms with Gasteiger partial charge in [-0.25, -0.2) is 0 Å². The molecular weight excluding hydrogens is 409 g/mol. The van der Waals surface area contributed by atoms with Crippen LogP contribution < -0.4 is 5.32 Å². The molecule has 0 fully saturated rings. The molecule has 0 bridgehead atoms. The molecule has 0 radical (unpaired) electrons. The van der Waals surface area contributed by atoms with Gasteiger partial charge in [0.1, 0.15) is 6.54 Å². The van der Waals surface area contributed by atoms with E-state index >= 15 is 0 Å². The number of likely N-dealkylation sites (N-methyl/N-ethyl adjacent to an activating group) is 1. The van der Waals surface area contributed by atoms with E-state index in [1.54, 1.807) is 25.1 Å². The number of hydrogen-bond donors (Lipinski definition) is 1. The molecule has 0 saturated carbocycles. The Labute approximate surface area is 179 Å². The van der Waals surface area contributed by atoms with E-state index in [4.69, 9.17) is 23.2 Å². The van der Waals surface area contributed by atoms with E-state index in [9.17, 15) is 9.59 Å². The van der Waals surface area contributed by atoms with Crippen LogP contribution in [0.4, 0.5) is 5.69 Å². The van der Waals surface area contributed by atoms with Crippen molar-refractivity contribution in [2.45, 2.75) is 20.8 Å². The van der Waals surface area contributed by atoms with Crippen molar-refractivity contribution in [3.63, 3.8) is 0 Å². The third-order valence-corrected chi connectivity index (χ3v) is 5.25. The van der Waals surface area contributed by atoms with E-state index in [0.29, 0.717) is 33.5 Å². The molecule has 3 rings (SSSR count). The van der Waals surface area contributed by atoms with Crippen LogP contribution in [0.25, 0.3) is 10.9 Å². The molecule has 0 aliphatic carbocycles. The van der Waals surface area contributed by atoms with Gasteiger partial charge in [-0.1, -0.05) is 40.9 Å². The lowest BCUT2D eigenvalue weighted by Crippen LogP contribution is -2.38. The van der Waals surface area contributed by atoms with Crippen LogP contribution in [0.5, 0.6) is 0 Å². The highest BCUT2D eigenvalue weighted by Gasteiger charge is 2.21. The van der Waals surface area contributed by atoms with Crippen LogP contribution in [0.1, 0.15) is 28.5 Å². The van der Waals surface area contributed by atoms with E-state index < -0.39 is 0 Å². The molecule has 2 aromatic carbocycles. The number of aromatic nitrogens is 1. The molecule has 0 spiro atoms. The van der Waals surface area contributed by atoms with Gasteiger partial charge in [-0.05, 0) is 51.1 Å². The molecule has 5 nitrogen and oxygen atoms in total. The van der Waals surface area contributed by atoms with Crippen LogP contribution in [0.3, 0.4) is 0 Å². The predicted molar refractivity (Wildman–Crippen MR) is 118 cm³/mol. The third-order valence-electron chi connectivity index (χ3n) is 4.62. The maximum Gasteiger partial charge on any atom is 0.256 e. The molecule has 3 aromatic rings. The highest BCUT2D eigenvalue weighted by Crippen LogP contribution is 2.29. The number of rotatable bonds is 5. The number of aryl methyl sites for hydroxylation is 2. The summed E-state index contributed by atoms with van der Waals surface area (Å²) in [5.74, 6) is -0.626. The standard InChI is InChI=1S/C22H21Cl2N3O2/c1-4-27(12-20(28)26-21-17(23)6-5-7-18(21)24)22(29)16-11-15-10-13(2)8-9-19(15)25-14(16)3/h5-11H,4,12H2,1-3H3,(H,26,28). The number of anilines is 1. The van der Waals surface area contributed by atoms with Gasteiger partial charge in [0.25, 0.3) is 5.91 Å². The van der Waals surface area contributed by atoms with Crippen molar-refractivity contribution >= 4 is 51.6 Å². The van der Waals surface area contributed by atoms with Gasteiger partial charge in [-0.3, -0.25) is 14.6 Å². The van der Waals surface area contributed by atoms with E-state index in [2.05, 4.69) is 10.3 Å². The second-order valence-electron chi connectivity index (χ2n) is 6.78. The summed E-state index contributed by atoms with van der Waals surface area (Å²) in [7, 11) is 0. The Morgan fingerprint density at radius 1 is 1.07 bits per heavy atom. The maximum atomic E-state index is 13.1. The first-order chi connectivity index (χ1) is 13.8. The normalized spacial score (nSPS) is 10.8. The molecule has 1 aromatic heterocycles. The van der Waals surface area contributed by atoms with E-state index in [0.717, 1.165) is 16.5 Å². The zero-order valence-electron chi connectivity index (χ0n) is 16.4. The summed E-state index contributed by atoms with van der Waals surface area (Å²) in [6.45, 7) is 5.85. The molecule has 2 amide bonds. The van der Waals surface area contributed by atoms with Gasteiger partial charge in [0.05, 0.1) is 32.5 Å². The van der Waals surface area contributed by atoms with Gasteiger partial charge in [0, 0.05) is 11.9 Å². The van der Waals surface area contributed by atoms with Crippen molar-refractivity contribution in [3.8, 4) is 0 Å². The topological polar surface area (TPSA) is 62.3 Å². The number of nitrogens with one attached hydrogen (secondary N) is 1. The second kappa shape index (κ2) is 8.80. The molecule has 7 heteroatoms. The minimum atomic E-state index is -0.377. The summed E-state index contributed by atoms with van der Waals surface area (Å²) >= 11 is 12.2. The van der Waals surface area contributed by atoms with Gasteiger partial charge < -0.3 is 10.2 Å². The number of hydrogen-bond acceptors (Lipinski definition) is 3. The van der Waals surface area contributed by atoms with E-state index in [-0.39, 0.29) is 18.4 Å².